The summed E-state index contributed by atoms with van der Waals surface area (Å²) in [6, 6.07) is 7.42. The van der Waals surface area contributed by atoms with Crippen LogP contribution in [0.2, 0.25) is 0 Å². The molecule has 0 saturated heterocycles. The normalized spacial score (nSPS) is 13.9. The van der Waals surface area contributed by atoms with E-state index in [1.807, 2.05) is 31.2 Å². The number of benzene rings is 1. The van der Waals surface area contributed by atoms with Crippen LogP contribution in [0.3, 0.4) is 0 Å². The van der Waals surface area contributed by atoms with E-state index >= 15 is 0 Å². The number of nitrogens with zero attached hydrogens (tertiary/aromatic N) is 3. The van der Waals surface area contributed by atoms with Crippen LogP contribution in [-0.4, -0.2) is 49.0 Å². The summed E-state index contributed by atoms with van der Waals surface area (Å²) in [6.07, 6.45) is 5.05. The Kier molecular flexibility index (Phi) is 7.10. The Balaban J connectivity index is 1.88. The molecular formula is C22H29N3O4S. The van der Waals surface area contributed by atoms with Gasteiger partial charge in [-0.15, -0.1) is 6.58 Å². The Morgan fingerprint density at radius 3 is 2.63 bits per heavy atom. The van der Waals surface area contributed by atoms with Gasteiger partial charge in [-0.1, -0.05) is 35.9 Å². The Morgan fingerprint density at radius 1 is 1.33 bits per heavy atom. The second kappa shape index (κ2) is 9.57. The van der Waals surface area contributed by atoms with Crippen molar-refractivity contribution >= 4 is 15.7 Å². The summed E-state index contributed by atoms with van der Waals surface area (Å²) in [5, 5.41) is 0.00699. The summed E-state index contributed by atoms with van der Waals surface area (Å²) in [4.78, 5) is 18.6. The van der Waals surface area contributed by atoms with Gasteiger partial charge in [0.2, 0.25) is 20.9 Å². The molecule has 1 saturated carbocycles. The van der Waals surface area contributed by atoms with E-state index in [4.69, 9.17) is 4.74 Å². The summed E-state index contributed by atoms with van der Waals surface area (Å²) < 4.78 is 33.1. The first-order valence-electron chi connectivity index (χ1n) is 10.1. The lowest BCUT2D eigenvalue weighted by Gasteiger charge is -2.22. The Morgan fingerprint density at radius 2 is 2.03 bits per heavy atom. The minimum Gasteiger partial charge on any atom is -0.383 e. The lowest BCUT2D eigenvalue weighted by atomic mass is 10.2. The van der Waals surface area contributed by atoms with Crippen molar-refractivity contribution in [2.24, 2.45) is 5.92 Å². The predicted molar refractivity (Wildman–Crippen MR) is 115 cm³/mol. The van der Waals surface area contributed by atoms with Gasteiger partial charge in [-0.05, 0) is 25.3 Å². The molecule has 2 aromatic rings. The monoisotopic (exact) mass is 431 g/mol. The van der Waals surface area contributed by atoms with Crippen LogP contribution in [0.1, 0.15) is 29.7 Å². The quantitative estimate of drug-likeness (QED) is 0.511. The van der Waals surface area contributed by atoms with E-state index in [2.05, 4.69) is 11.6 Å². The Hall–Kier alpha value is -2.45. The van der Waals surface area contributed by atoms with Crippen molar-refractivity contribution in [3.63, 3.8) is 0 Å². The first-order valence-corrected chi connectivity index (χ1v) is 11.7. The number of sulfone groups is 1. The molecule has 0 spiro atoms. The molecule has 1 aromatic heterocycles. The maximum Gasteiger partial charge on any atom is 0.228 e. The molecule has 0 aliphatic heterocycles. The zero-order valence-corrected chi connectivity index (χ0v) is 18.4. The third-order valence-electron chi connectivity index (χ3n) is 5.12. The van der Waals surface area contributed by atoms with E-state index in [9.17, 15) is 13.2 Å². The van der Waals surface area contributed by atoms with Gasteiger partial charge in [-0.3, -0.25) is 4.79 Å². The number of hydrogen-bond acceptors (Lipinski definition) is 5. The average Bonchev–Trinajstić information content (AvgIpc) is 3.48. The molecule has 7 nitrogen and oxygen atoms in total. The van der Waals surface area contributed by atoms with Crippen LogP contribution < -0.4 is 0 Å². The number of rotatable bonds is 11. The predicted octanol–water partition coefficient (Wildman–Crippen LogP) is 2.74. The smallest absolute Gasteiger partial charge is 0.228 e. The maximum atomic E-state index is 13.1. The zero-order valence-electron chi connectivity index (χ0n) is 17.6. The van der Waals surface area contributed by atoms with Crippen molar-refractivity contribution in [1.82, 2.24) is 14.5 Å². The number of carbonyl (C=O) groups is 1. The van der Waals surface area contributed by atoms with Gasteiger partial charge in [0.15, 0.2) is 0 Å². The van der Waals surface area contributed by atoms with Crippen molar-refractivity contribution < 1.29 is 17.9 Å². The first kappa shape index (κ1) is 22.2. The number of amides is 1. The van der Waals surface area contributed by atoms with Gasteiger partial charge in [0, 0.05) is 26.1 Å². The zero-order chi connectivity index (χ0) is 21.7. The fourth-order valence-corrected chi connectivity index (χ4v) is 4.85. The SMILES string of the molecule is C=CCN(Cc1cnc(S(=O)(=O)Cc2ccc(C)cc2)n1CCOC)C(=O)C1CC1. The first-order chi connectivity index (χ1) is 14.4. The van der Waals surface area contributed by atoms with Gasteiger partial charge in [0.25, 0.3) is 0 Å². The fourth-order valence-electron chi connectivity index (χ4n) is 3.33. The second-order valence-corrected chi connectivity index (χ2v) is 9.59. The Bertz CT molecular complexity index is 992. The number of aryl methyl sites for hydroxylation is 1. The van der Waals surface area contributed by atoms with E-state index in [1.54, 1.807) is 28.8 Å². The summed E-state index contributed by atoms with van der Waals surface area (Å²) in [5.74, 6) is 0.0251. The molecule has 1 fully saturated rings. The van der Waals surface area contributed by atoms with Crippen LogP contribution in [0.15, 0.2) is 48.3 Å². The average molecular weight is 432 g/mol. The van der Waals surface area contributed by atoms with Crippen LogP contribution in [0.5, 0.6) is 0 Å². The second-order valence-electron chi connectivity index (χ2n) is 7.70. The lowest BCUT2D eigenvalue weighted by molar-refractivity contribution is -0.132. The van der Waals surface area contributed by atoms with Gasteiger partial charge in [0.1, 0.15) is 0 Å². The summed E-state index contributed by atoms with van der Waals surface area (Å²) >= 11 is 0. The largest absolute Gasteiger partial charge is 0.383 e. The van der Waals surface area contributed by atoms with E-state index < -0.39 is 9.84 Å². The molecule has 3 rings (SSSR count). The molecule has 30 heavy (non-hydrogen) atoms. The number of imidazole rings is 1. The highest BCUT2D eigenvalue weighted by molar-refractivity contribution is 7.90. The highest BCUT2D eigenvalue weighted by atomic mass is 32.2. The van der Waals surface area contributed by atoms with Gasteiger partial charge >= 0.3 is 0 Å². The van der Waals surface area contributed by atoms with Gasteiger partial charge < -0.3 is 14.2 Å². The van der Waals surface area contributed by atoms with Gasteiger partial charge in [-0.25, -0.2) is 13.4 Å². The number of methoxy groups -OCH3 is 1. The molecule has 1 aliphatic rings. The molecule has 0 atom stereocenters. The molecule has 1 heterocycles. The number of aromatic nitrogens is 2. The molecule has 0 radical (unpaired) electrons. The molecule has 0 N–H and O–H groups in total. The molecule has 0 unspecified atom stereocenters. The molecule has 1 amide bonds. The molecule has 162 valence electrons. The standard InChI is InChI=1S/C22H29N3O4S/c1-4-11-24(21(26)19-9-10-19)15-20-14-23-22(25(20)12-13-29-3)30(27,28)16-18-7-5-17(2)6-8-18/h4-8,14,19H,1,9-13,15-16H2,2-3H3. The number of hydrogen-bond donors (Lipinski definition) is 0. The lowest BCUT2D eigenvalue weighted by Crippen LogP contribution is -2.33. The molecule has 1 aliphatic carbocycles. The van der Waals surface area contributed by atoms with E-state index in [-0.39, 0.29) is 29.3 Å². The van der Waals surface area contributed by atoms with Crippen molar-refractivity contribution in [2.75, 3.05) is 20.3 Å². The van der Waals surface area contributed by atoms with Gasteiger partial charge in [-0.2, -0.15) is 0 Å². The molecular weight excluding hydrogens is 402 g/mol. The van der Waals surface area contributed by atoms with Crippen LogP contribution in [0, 0.1) is 12.8 Å². The maximum absolute atomic E-state index is 13.1. The van der Waals surface area contributed by atoms with Gasteiger partial charge in [0.05, 0.1) is 30.8 Å². The van der Waals surface area contributed by atoms with E-state index in [0.29, 0.717) is 31.0 Å². The minimum atomic E-state index is -3.67. The fraction of sp³-hybridized carbons (Fsp3) is 0.455. The molecule has 1 aromatic carbocycles. The molecule has 8 heteroatoms. The van der Waals surface area contributed by atoms with Crippen molar-refractivity contribution in [3.8, 4) is 0 Å². The van der Waals surface area contributed by atoms with E-state index in [0.717, 1.165) is 18.4 Å². The highest BCUT2D eigenvalue weighted by Crippen LogP contribution is 2.31. The van der Waals surface area contributed by atoms with E-state index in [1.165, 1.54) is 0 Å². The summed E-state index contributed by atoms with van der Waals surface area (Å²) in [5.41, 5.74) is 2.45. The van der Waals surface area contributed by atoms with Crippen LogP contribution in [0.4, 0.5) is 0 Å². The molecule has 0 bridgehead atoms. The highest BCUT2D eigenvalue weighted by Gasteiger charge is 2.34. The van der Waals surface area contributed by atoms with Crippen LogP contribution >= 0.6 is 0 Å². The Labute approximate surface area is 178 Å². The number of carbonyl (C=O) groups excluding carboxylic acids is 1. The number of ether oxygens (including phenoxy) is 1. The third kappa shape index (κ3) is 5.37. The topological polar surface area (TPSA) is 81.5 Å². The van der Waals surface area contributed by atoms with Crippen molar-refractivity contribution in [2.45, 2.75) is 43.8 Å². The minimum absolute atomic E-state index is 0.00699. The van der Waals surface area contributed by atoms with Crippen LogP contribution in [-0.2, 0) is 38.2 Å². The van der Waals surface area contributed by atoms with Crippen molar-refractivity contribution in [1.29, 1.82) is 0 Å². The third-order valence-corrected chi connectivity index (χ3v) is 6.71. The summed E-state index contributed by atoms with van der Waals surface area (Å²) in [6.45, 7) is 7.09. The van der Waals surface area contributed by atoms with Crippen LogP contribution in [0.25, 0.3) is 0 Å². The summed E-state index contributed by atoms with van der Waals surface area (Å²) in [7, 11) is -2.10. The van der Waals surface area contributed by atoms with Crippen molar-refractivity contribution in [3.05, 3.63) is 59.9 Å².